The van der Waals surface area contributed by atoms with E-state index in [0.29, 0.717) is 30.8 Å². The van der Waals surface area contributed by atoms with Gasteiger partial charge in [0.05, 0.1) is 18.5 Å². The third-order valence-corrected chi connectivity index (χ3v) is 5.08. The second-order valence-corrected chi connectivity index (χ2v) is 6.80. The molecule has 1 aliphatic rings. The van der Waals surface area contributed by atoms with Crippen molar-refractivity contribution in [3.05, 3.63) is 52.6 Å². The van der Waals surface area contributed by atoms with Gasteiger partial charge in [0.15, 0.2) is 0 Å². The summed E-state index contributed by atoms with van der Waals surface area (Å²) in [4.78, 5) is 35.0. The lowest BCUT2D eigenvalue weighted by Crippen LogP contribution is -2.47. The van der Waals surface area contributed by atoms with Crippen LogP contribution in [0.4, 0.5) is 0 Å². The van der Waals surface area contributed by atoms with Gasteiger partial charge in [-0.3, -0.25) is 14.5 Å². The highest BCUT2D eigenvalue weighted by molar-refractivity contribution is 7.21. The summed E-state index contributed by atoms with van der Waals surface area (Å²) < 4.78 is 0. The van der Waals surface area contributed by atoms with Crippen molar-refractivity contribution in [1.29, 1.82) is 0 Å². The van der Waals surface area contributed by atoms with Gasteiger partial charge in [0.2, 0.25) is 5.91 Å². The van der Waals surface area contributed by atoms with Gasteiger partial charge in [0, 0.05) is 18.0 Å². The highest BCUT2D eigenvalue weighted by Gasteiger charge is 2.18. The number of fused-ring (bicyclic) bond motifs is 1. The zero-order chi connectivity index (χ0) is 16.5. The standard InChI is InChI=1S/C17H16N4O2S/c22-15-10-21(7-6-18-15)9-14-19-16(23)12-8-13(24-17(12)20-14)11-4-2-1-3-5-11/h1-5,8H,6-7,9-10H2,(H,18,22)(H,19,20,23). The number of rotatable bonds is 3. The molecular weight excluding hydrogens is 324 g/mol. The van der Waals surface area contributed by atoms with E-state index in [2.05, 4.69) is 15.3 Å². The molecule has 1 fully saturated rings. The third kappa shape index (κ3) is 2.95. The van der Waals surface area contributed by atoms with Crippen LogP contribution in [0.5, 0.6) is 0 Å². The van der Waals surface area contributed by atoms with Gasteiger partial charge in [0.25, 0.3) is 5.56 Å². The molecule has 7 heteroatoms. The number of H-pyrrole nitrogens is 1. The van der Waals surface area contributed by atoms with Gasteiger partial charge in [-0.15, -0.1) is 11.3 Å². The number of hydrogen-bond acceptors (Lipinski definition) is 5. The number of benzene rings is 1. The van der Waals surface area contributed by atoms with E-state index in [9.17, 15) is 9.59 Å². The second-order valence-electron chi connectivity index (χ2n) is 5.77. The molecule has 122 valence electrons. The average Bonchev–Trinajstić information content (AvgIpc) is 3.00. The SMILES string of the molecule is O=C1CN(Cc2nc3sc(-c4ccccc4)cc3c(=O)[nH]2)CCN1. The van der Waals surface area contributed by atoms with Crippen molar-refractivity contribution in [3.63, 3.8) is 0 Å². The topological polar surface area (TPSA) is 78.1 Å². The van der Waals surface area contributed by atoms with Crippen LogP contribution in [0.25, 0.3) is 20.7 Å². The third-order valence-electron chi connectivity index (χ3n) is 4.00. The number of hydrogen-bond donors (Lipinski definition) is 2. The highest BCUT2D eigenvalue weighted by atomic mass is 32.1. The Bertz CT molecular complexity index is 948. The van der Waals surface area contributed by atoms with E-state index in [-0.39, 0.29) is 11.5 Å². The van der Waals surface area contributed by atoms with Gasteiger partial charge in [-0.1, -0.05) is 30.3 Å². The van der Waals surface area contributed by atoms with Crippen LogP contribution < -0.4 is 10.9 Å². The molecule has 1 amide bonds. The van der Waals surface area contributed by atoms with Gasteiger partial charge in [0.1, 0.15) is 10.7 Å². The molecule has 0 spiro atoms. The number of amides is 1. The molecule has 3 heterocycles. The lowest BCUT2D eigenvalue weighted by molar-refractivity contribution is -0.124. The molecule has 0 atom stereocenters. The van der Waals surface area contributed by atoms with Crippen LogP contribution in [0, 0.1) is 0 Å². The number of piperazine rings is 1. The monoisotopic (exact) mass is 340 g/mol. The number of thiophene rings is 1. The number of aromatic nitrogens is 2. The van der Waals surface area contributed by atoms with Gasteiger partial charge in [-0.25, -0.2) is 4.98 Å². The fraction of sp³-hybridized carbons (Fsp3) is 0.235. The minimum absolute atomic E-state index is 0.00663. The molecular formula is C17H16N4O2S. The first-order valence-electron chi connectivity index (χ1n) is 7.76. The van der Waals surface area contributed by atoms with Crippen LogP contribution in [0.2, 0.25) is 0 Å². The largest absolute Gasteiger partial charge is 0.354 e. The van der Waals surface area contributed by atoms with Gasteiger partial charge < -0.3 is 10.3 Å². The Labute approximate surface area is 142 Å². The van der Waals surface area contributed by atoms with E-state index in [1.54, 1.807) is 0 Å². The summed E-state index contributed by atoms with van der Waals surface area (Å²) in [5.74, 6) is 0.607. The molecule has 1 saturated heterocycles. The summed E-state index contributed by atoms with van der Waals surface area (Å²) in [6.07, 6.45) is 0. The van der Waals surface area contributed by atoms with Crippen LogP contribution >= 0.6 is 11.3 Å². The molecule has 0 bridgehead atoms. The molecule has 0 unspecified atom stereocenters. The van der Waals surface area contributed by atoms with E-state index in [1.165, 1.54) is 11.3 Å². The summed E-state index contributed by atoms with van der Waals surface area (Å²) in [6.45, 7) is 2.19. The Balaban J connectivity index is 1.67. The fourth-order valence-corrected chi connectivity index (χ4v) is 3.89. The van der Waals surface area contributed by atoms with Crippen molar-refractivity contribution in [2.45, 2.75) is 6.54 Å². The number of carbonyl (C=O) groups excluding carboxylic acids is 1. The van der Waals surface area contributed by atoms with Crippen molar-refractivity contribution in [3.8, 4) is 10.4 Å². The summed E-state index contributed by atoms with van der Waals surface area (Å²) in [7, 11) is 0. The number of aromatic amines is 1. The molecule has 2 aromatic heterocycles. The lowest BCUT2D eigenvalue weighted by atomic mass is 10.2. The highest BCUT2D eigenvalue weighted by Crippen LogP contribution is 2.30. The quantitative estimate of drug-likeness (QED) is 0.759. The van der Waals surface area contributed by atoms with Crippen LogP contribution in [0.15, 0.2) is 41.2 Å². The summed E-state index contributed by atoms with van der Waals surface area (Å²) in [6, 6.07) is 11.8. The molecule has 4 rings (SSSR count). The zero-order valence-electron chi connectivity index (χ0n) is 12.9. The molecule has 24 heavy (non-hydrogen) atoms. The summed E-state index contributed by atoms with van der Waals surface area (Å²) in [5.41, 5.74) is 0.948. The predicted octanol–water partition coefficient (Wildman–Crippen LogP) is 1.58. The molecule has 3 aromatic rings. The minimum Gasteiger partial charge on any atom is -0.354 e. The Morgan fingerprint density at radius 2 is 2.04 bits per heavy atom. The van der Waals surface area contributed by atoms with Crippen molar-refractivity contribution in [2.75, 3.05) is 19.6 Å². The maximum Gasteiger partial charge on any atom is 0.259 e. The van der Waals surface area contributed by atoms with Crippen LogP contribution in [-0.4, -0.2) is 40.4 Å². The van der Waals surface area contributed by atoms with Gasteiger partial charge >= 0.3 is 0 Å². The van der Waals surface area contributed by atoms with Crippen LogP contribution in [-0.2, 0) is 11.3 Å². The number of nitrogens with zero attached hydrogens (tertiary/aromatic N) is 2. The van der Waals surface area contributed by atoms with E-state index in [1.807, 2.05) is 41.3 Å². The predicted molar refractivity (Wildman–Crippen MR) is 94.0 cm³/mol. The molecule has 6 nitrogen and oxygen atoms in total. The maximum atomic E-state index is 12.4. The van der Waals surface area contributed by atoms with E-state index in [0.717, 1.165) is 21.8 Å². The Morgan fingerprint density at radius 3 is 2.83 bits per heavy atom. The van der Waals surface area contributed by atoms with Gasteiger partial charge in [-0.05, 0) is 11.6 Å². The number of carbonyl (C=O) groups is 1. The molecule has 1 aromatic carbocycles. The Morgan fingerprint density at radius 1 is 1.21 bits per heavy atom. The smallest absolute Gasteiger partial charge is 0.259 e. The zero-order valence-corrected chi connectivity index (χ0v) is 13.7. The van der Waals surface area contributed by atoms with Crippen LogP contribution in [0.3, 0.4) is 0 Å². The molecule has 0 aliphatic carbocycles. The molecule has 2 N–H and O–H groups in total. The first kappa shape index (κ1) is 15.0. The average molecular weight is 340 g/mol. The Hall–Kier alpha value is -2.51. The Kier molecular flexibility index (Phi) is 3.87. The van der Waals surface area contributed by atoms with Crippen molar-refractivity contribution in [2.24, 2.45) is 0 Å². The molecule has 0 radical (unpaired) electrons. The summed E-state index contributed by atoms with van der Waals surface area (Å²) in [5, 5.41) is 3.40. The van der Waals surface area contributed by atoms with Crippen molar-refractivity contribution >= 4 is 27.5 Å². The van der Waals surface area contributed by atoms with Crippen molar-refractivity contribution < 1.29 is 4.79 Å². The minimum atomic E-state index is -0.130. The fourth-order valence-electron chi connectivity index (χ4n) is 2.83. The first-order chi connectivity index (χ1) is 11.7. The van der Waals surface area contributed by atoms with Crippen LogP contribution in [0.1, 0.15) is 5.82 Å². The maximum absolute atomic E-state index is 12.4. The molecule has 0 saturated carbocycles. The van der Waals surface area contributed by atoms with E-state index < -0.39 is 0 Å². The lowest BCUT2D eigenvalue weighted by Gasteiger charge is -2.25. The number of nitrogens with one attached hydrogen (secondary N) is 2. The van der Waals surface area contributed by atoms with E-state index in [4.69, 9.17) is 0 Å². The summed E-state index contributed by atoms with van der Waals surface area (Å²) >= 11 is 1.51. The van der Waals surface area contributed by atoms with Gasteiger partial charge in [-0.2, -0.15) is 0 Å². The first-order valence-corrected chi connectivity index (χ1v) is 8.58. The normalized spacial score (nSPS) is 15.6. The van der Waals surface area contributed by atoms with Crippen molar-refractivity contribution in [1.82, 2.24) is 20.2 Å². The molecule has 1 aliphatic heterocycles. The second kappa shape index (κ2) is 6.18. The van der Waals surface area contributed by atoms with E-state index >= 15 is 0 Å².